The minimum absolute atomic E-state index is 0.292. The topological polar surface area (TPSA) is 65.2 Å². The molecule has 0 aliphatic heterocycles. The highest BCUT2D eigenvalue weighted by Gasteiger charge is 2.22. The van der Waals surface area contributed by atoms with Crippen molar-refractivity contribution < 1.29 is 22.8 Å². The number of carbonyl (C=O) groups excluding carboxylic acids is 2. The minimum Gasteiger partial charge on any atom is -0.351 e. The standard InChI is InChI=1S/C22H22F3N3O2/c1-4-7-28(11-19(29)27-16-6-5-15(23)20(24)21(16)25)22(30)18-10-14-13(3)8-12(2)9-17(14)26-18/h5-6,8-10,26H,4,7,11H2,1-3H3,(H,27,29). The SMILES string of the molecule is CCCN(CC(=O)Nc1ccc(F)c(F)c1F)C(=O)c1cc2c(C)cc(C)cc2[nH]1. The van der Waals surface area contributed by atoms with Gasteiger partial charge >= 0.3 is 0 Å². The van der Waals surface area contributed by atoms with Crippen molar-refractivity contribution in [1.82, 2.24) is 9.88 Å². The fourth-order valence-electron chi connectivity index (χ4n) is 3.39. The van der Waals surface area contributed by atoms with Crippen LogP contribution in [0.4, 0.5) is 18.9 Å². The van der Waals surface area contributed by atoms with Crippen LogP contribution in [0.25, 0.3) is 10.9 Å². The van der Waals surface area contributed by atoms with Crippen LogP contribution >= 0.6 is 0 Å². The number of rotatable bonds is 6. The van der Waals surface area contributed by atoms with E-state index in [0.29, 0.717) is 18.7 Å². The molecule has 0 saturated heterocycles. The second-order valence-electron chi connectivity index (χ2n) is 7.22. The number of aromatic nitrogens is 1. The summed E-state index contributed by atoms with van der Waals surface area (Å²) >= 11 is 0. The van der Waals surface area contributed by atoms with Crippen LogP contribution in [-0.4, -0.2) is 34.8 Å². The lowest BCUT2D eigenvalue weighted by Gasteiger charge is -2.21. The molecule has 0 unspecified atom stereocenters. The van der Waals surface area contributed by atoms with Crippen molar-refractivity contribution in [2.45, 2.75) is 27.2 Å². The average molecular weight is 417 g/mol. The maximum atomic E-state index is 13.8. The van der Waals surface area contributed by atoms with E-state index in [-0.39, 0.29) is 12.5 Å². The molecule has 0 fully saturated rings. The molecule has 1 heterocycles. The number of hydrogen-bond donors (Lipinski definition) is 2. The minimum atomic E-state index is -1.67. The van der Waals surface area contributed by atoms with E-state index in [4.69, 9.17) is 0 Å². The Kier molecular flexibility index (Phi) is 6.14. The van der Waals surface area contributed by atoms with Crippen LogP contribution in [0.2, 0.25) is 0 Å². The van der Waals surface area contributed by atoms with Crippen LogP contribution in [0.5, 0.6) is 0 Å². The zero-order chi connectivity index (χ0) is 22.0. The van der Waals surface area contributed by atoms with Gasteiger partial charge in [-0.05, 0) is 55.7 Å². The molecule has 0 saturated carbocycles. The van der Waals surface area contributed by atoms with Crippen molar-refractivity contribution in [3.63, 3.8) is 0 Å². The summed E-state index contributed by atoms with van der Waals surface area (Å²) in [4.78, 5) is 29.7. The summed E-state index contributed by atoms with van der Waals surface area (Å²) < 4.78 is 40.2. The van der Waals surface area contributed by atoms with Gasteiger partial charge in [0.25, 0.3) is 5.91 Å². The Morgan fingerprint density at radius 3 is 2.50 bits per heavy atom. The predicted octanol–water partition coefficient (Wildman–Crippen LogP) is 4.69. The average Bonchev–Trinajstić information content (AvgIpc) is 3.12. The first-order valence-electron chi connectivity index (χ1n) is 9.53. The molecule has 30 heavy (non-hydrogen) atoms. The van der Waals surface area contributed by atoms with Crippen molar-refractivity contribution in [3.05, 3.63) is 64.6 Å². The third-order valence-corrected chi connectivity index (χ3v) is 4.74. The molecule has 2 N–H and O–H groups in total. The van der Waals surface area contributed by atoms with Crippen LogP contribution in [0, 0.1) is 31.3 Å². The number of nitrogens with one attached hydrogen (secondary N) is 2. The second-order valence-corrected chi connectivity index (χ2v) is 7.22. The number of aromatic amines is 1. The maximum Gasteiger partial charge on any atom is 0.270 e. The number of halogens is 3. The van der Waals surface area contributed by atoms with E-state index in [1.807, 2.05) is 32.9 Å². The summed E-state index contributed by atoms with van der Waals surface area (Å²) in [6, 6.07) is 7.33. The molecule has 3 aromatic rings. The van der Waals surface area contributed by atoms with Gasteiger partial charge < -0.3 is 15.2 Å². The van der Waals surface area contributed by atoms with Gasteiger partial charge in [0.1, 0.15) is 12.2 Å². The maximum absolute atomic E-state index is 13.8. The van der Waals surface area contributed by atoms with Crippen LogP contribution in [0.3, 0.4) is 0 Å². The first kappa shape index (κ1) is 21.4. The zero-order valence-electron chi connectivity index (χ0n) is 16.9. The summed E-state index contributed by atoms with van der Waals surface area (Å²) in [5.74, 6) is -5.61. The highest BCUT2D eigenvalue weighted by molar-refractivity contribution is 6.01. The third kappa shape index (κ3) is 4.32. The first-order valence-corrected chi connectivity index (χ1v) is 9.53. The number of benzene rings is 2. The summed E-state index contributed by atoms with van der Waals surface area (Å²) in [5, 5.41) is 3.10. The van der Waals surface area contributed by atoms with E-state index in [1.165, 1.54) is 4.90 Å². The molecule has 2 aromatic carbocycles. The smallest absolute Gasteiger partial charge is 0.270 e. The number of H-pyrrole nitrogens is 1. The molecule has 158 valence electrons. The molecule has 5 nitrogen and oxygen atoms in total. The highest BCUT2D eigenvalue weighted by atomic mass is 19.2. The van der Waals surface area contributed by atoms with E-state index in [1.54, 1.807) is 6.07 Å². The number of anilines is 1. The number of aryl methyl sites for hydroxylation is 2. The quantitative estimate of drug-likeness (QED) is 0.572. The lowest BCUT2D eigenvalue weighted by Crippen LogP contribution is -2.38. The van der Waals surface area contributed by atoms with Crippen LogP contribution < -0.4 is 5.32 Å². The Hall–Kier alpha value is -3.29. The molecule has 8 heteroatoms. The van der Waals surface area contributed by atoms with Crippen LogP contribution in [0.15, 0.2) is 30.3 Å². The molecular weight excluding hydrogens is 395 g/mol. The Labute approximate surface area is 171 Å². The summed E-state index contributed by atoms with van der Waals surface area (Å²) in [6.45, 7) is 5.69. The van der Waals surface area contributed by atoms with Gasteiger partial charge in [-0.15, -0.1) is 0 Å². The number of hydrogen-bond acceptors (Lipinski definition) is 2. The molecule has 1 aromatic heterocycles. The molecule has 0 aliphatic carbocycles. The van der Waals surface area contributed by atoms with E-state index in [9.17, 15) is 22.8 Å². The van der Waals surface area contributed by atoms with E-state index >= 15 is 0 Å². The van der Waals surface area contributed by atoms with Crippen LogP contribution in [-0.2, 0) is 4.79 Å². The Morgan fingerprint density at radius 1 is 1.07 bits per heavy atom. The fourth-order valence-corrected chi connectivity index (χ4v) is 3.39. The summed E-state index contributed by atoms with van der Waals surface area (Å²) in [7, 11) is 0. The van der Waals surface area contributed by atoms with Crippen molar-refractivity contribution in [1.29, 1.82) is 0 Å². The van der Waals surface area contributed by atoms with Crippen molar-refractivity contribution in [2.75, 3.05) is 18.4 Å². The molecule has 2 amide bonds. The van der Waals surface area contributed by atoms with Crippen molar-refractivity contribution in [2.24, 2.45) is 0 Å². The van der Waals surface area contributed by atoms with Gasteiger partial charge in [0, 0.05) is 17.4 Å². The molecular formula is C22H22F3N3O2. The van der Waals surface area contributed by atoms with Crippen LogP contribution in [0.1, 0.15) is 35.0 Å². The number of carbonyl (C=O) groups is 2. The zero-order valence-corrected chi connectivity index (χ0v) is 16.9. The molecule has 0 spiro atoms. The lowest BCUT2D eigenvalue weighted by atomic mass is 10.1. The number of nitrogens with zero attached hydrogens (tertiary/aromatic N) is 1. The monoisotopic (exact) mass is 417 g/mol. The molecule has 0 radical (unpaired) electrons. The van der Waals surface area contributed by atoms with Crippen molar-refractivity contribution >= 4 is 28.4 Å². The normalized spacial score (nSPS) is 11.0. The van der Waals surface area contributed by atoms with Crippen molar-refractivity contribution in [3.8, 4) is 0 Å². The van der Waals surface area contributed by atoms with E-state index < -0.39 is 29.0 Å². The molecule has 0 bridgehead atoms. The van der Waals surface area contributed by atoms with Gasteiger partial charge in [-0.3, -0.25) is 9.59 Å². The summed E-state index contributed by atoms with van der Waals surface area (Å²) in [5.41, 5.74) is 2.74. The van der Waals surface area contributed by atoms with Gasteiger partial charge in [-0.25, -0.2) is 13.2 Å². The van der Waals surface area contributed by atoms with Gasteiger partial charge in [0.2, 0.25) is 5.91 Å². The Bertz CT molecular complexity index is 1120. The number of amides is 2. The fraction of sp³-hybridized carbons (Fsp3) is 0.273. The van der Waals surface area contributed by atoms with Gasteiger partial charge in [0.05, 0.1) is 5.69 Å². The van der Waals surface area contributed by atoms with Gasteiger partial charge in [0.15, 0.2) is 17.5 Å². The van der Waals surface area contributed by atoms with Gasteiger partial charge in [-0.1, -0.05) is 13.0 Å². The first-order chi connectivity index (χ1) is 14.2. The lowest BCUT2D eigenvalue weighted by molar-refractivity contribution is -0.116. The molecule has 0 atom stereocenters. The largest absolute Gasteiger partial charge is 0.351 e. The van der Waals surface area contributed by atoms with E-state index in [2.05, 4.69) is 10.3 Å². The Morgan fingerprint density at radius 2 is 1.80 bits per heavy atom. The second kappa shape index (κ2) is 8.61. The molecule has 0 aliphatic rings. The third-order valence-electron chi connectivity index (χ3n) is 4.74. The number of fused-ring (bicyclic) bond motifs is 1. The van der Waals surface area contributed by atoms with E-state index in [0.717, 1.165) is 34.2 Å². The predicted molar refractivity (Wildman–Crippen MR) is 109 cm³/mol. The Balaban J connectivity index is 1.80. The van der Waals surface area contributed by atoms with Gasteiger partial charge in [-0.2, -0.15) is 0 Å². The highest BCUT2D eigenvalue weighted by Crippen LogP contribution is 2.23. The molecule has 3 rings (SSSR count). The summed E-state index contributed by atoms with van der Waals surface area (Å²) in [6.07, 6.45) is 0.594.